The van der Waals surface area contributed by atoms with Gasteiger partial charge in [0.25, 0.3) is 0 Å². The number of carbonyl (C=O) groups is 1. The summed E-state index contributed by atoms with van der Waals surface area (Å²) >= 11 is 0. The van der Waals surface area contributed by atoms with Crippen LogP contribution in [0, 0.1) is 5.92 Å². The fraction of sp³-hybridized carbons (Fsp3) is 0.533. The van der Waals surface area contributed by atoms with Crippen molar-refractivity contribution in [1.82, 2.24) is 4.90 Å². The van der Waals surface area contributed by atoms with E-state index in [1.165, 1.54) is 0 Å². The Hall–Kier alpha value is -1.39. The van der Waals surface area contributed by atoms with E-state index in [2.05, 4.69) is 11.8 Å². The first-order chi connectivity index (χ1) is 9.15. The predicted octanol–water partition coefficient (Wildman–Crippen LogP) is 1.58. The minimum atomic E-state index is 0.0754. The average Bonchev–Trinajstić information content (AvgIpc) is 2.79. The second-order valence-electron chi connectivity index (χ2n) is 5.14. The molecule has 0 amide bonds. The highest BCUT2D eigenvalue weighted by molar-refractivity contribution is 5.98. The molecule has 1 heterocycles. The summed E-state index contributed by atoms with van der Waals surface area (Å²) in [7, 11) is 1.59. The number of nitrogens with zero attached hydrogens (tertiary/aromatic N) is 1. The van der Waals surface area contributed by atoms with E-state index >= 15 is 0 Å². The van der Waals surface area contributed by atoms with Gasteiger partial charge in [-0.2, -0.15) is 0 Å². The molecule has 19 heavy (non-hydrogen) atoms. The molecule has 104 valence electrons. The van der Waals surface area contributed by atoms with Crippen LogP contribution in [0.2, 0.25) is 0 Å². The van der Waals surface area contributed by atoms with Crippen molar-refractivity contribution < 1.29 is 14.6 Å². The number of rotatable bonds is 5. The molecule has 0 aliphatic carbocycles. The maximum absolute atomic E-state index is 12.3. The number of benzene rings is 1. The summed E-state index contributed by atoms with van der Waals surface area (Å²) in [6, 6.07) is 7.32. The normalized spacial score (nSPS) is 23.5. The van der Waals surface area contributed by atoms with E-state index in [1.54, 1.807) is 19.2 Å². The largest absolute Gasteiger partial charge is 0.497 e. The van der Waals surface area contributed by atoms with Crippen LogP contribution in [0.25, 0.3) is 0 Å². The van der Waals surface area contributed by atoms with E-state index in [0.717, 1.165) is 13.0 Å². The number of hydrogen-bond acceptors (Lipinski definition) is 4. The monoisotopic (exact) mass is 263 g/mol. The Kier molecular flexibility index (Phi) is 4.56. The summed E-state index contributed by atoms with van der Waals surface area (Å²) in [6.07, 6.45) is 1.04. The van der Waals surface area contributed by atoms with Crippen LogP contribution in [0.4, 0.5) is 0 Å². The number of aliphatic hydroxyl groups is 1. The molecule has 2 atom stereocenters. The summed E-state index contributed by atoms with van der Waals surface area (Å²) in [5.74, 6) is 1.22. The number of methoxy groups -OCH3 is 1. The third kappa shape index (κ3) is 3.14. The summed E-state index contributed by atoms with van der Waals surface area (Å²) in [4.78, 5) is 14.3. The number of ether oxygens (including phenoxy) is 1. The number of likely N-dealkylation sites (tertiary alicyclic amines) is 1. The van der Waals surface area contributed by atoms with Crippen molar-refractivity contribution >= 4 is 5.78 Å². The van der Waals surface area contributed by atoms with Gasteiger partial charge in [0.2, 0.25) is 0 Å². The SMILES string of the molecule is COc1cccc(C(=O)CN2CCC(C)C2CO)c1. The van der Waals surface area contributed by atoms with Gasteiger partial charge in [-0.3, -0.25) is 9.69 Å². The molecular formula is C15H21NO3. The lowest BCUT2D eigenvalue weighted by Crippen LogP contribution is -2.38. The lowest BCUT2D eigenvalue weighted by molar-refractivity contribution is 0.0866. The fourth-order valence-corrected chi connectivity index (χ4v) is 2.65. The van der Waals surface area contributed by atoms with Gasteiger partial charge < -0.3 is 9.84 Å². The fourth-order valence-electron chi connectivity index (χ4n) is 2.65. The first-order valence-corrected chi connectivity index (χ1v) is 6.68. The van der Waals surface area contributed by atoms with Crippen LogP contribution in [0.5, 0.6) is 5.75 Å². The highest BCUT2D eigenvalue weighted by atomic mass is 16.5. The van der Waals surface area contributed by atoms with Crippen molar-refractivity contribution in [1.29, 1.82) is 0 Å². The molecule has 2 unspecified atom stereocenters. The third-order valence-electron chi connectivity index (χ3n) is 3.92. The van der Waals surface area contributed by atoms with Crippen molar-refractivity contribution in [3.05, 3.63) is 29.8 Å². The van der Waals surface area contributed by atoms with Gasteiger partial charge in [0.05, 0.1) is 20.3 Å². The Morgan fingerprint density at radius 3 is 3.00 bits per heavy atom. The minimum Gasteiger partial charge on any atom is -0.497 e. The van der Waals surface area contributed by atoms with Crippen molar-refractivity contribution in [2.24, 2.45) is 5.92 Å². The van der Waals surface area contributed by atoms with Crippen molar-refractivity contribution in [3.8, 4) is 5.75 Å². The number of aliphatic hydroxyl groups excluding tert-OH is 1. The topological polar surface area (TPSA) is 49.8 Å². The molecule has 1 aromatic rings. The molecule has 0 radical (unpaired) electrons. The standard InChI is InChI=1S/C15H21NO3/c1-11-6-7-16(14(11)10-17)9-15(18)12-4-3-5-13(8-12)19-2/h3-5,8,11,14,17H,6-7,9-10H2,1-2H3. The van der Waals surface area contributed by atoms with Gasteiger partial charge in [0.15, 0.2) is 5.78 Å². The summed E-state index contributed by atoms with van der Waals surface area (Å²) in [6.45, 7) is 3.48. The molecule has 0 spiro atoms. The zero-order valence-corrected chi connectivity index (χ0v) is 11.5. The van der Waals surface area contributed by atoms with Crippen molar-refractivity contribution in [2.75, 3.05) is 26.8 Å². The lowest BCUT2D eigenvalue weighted by atomic mass is 10.0. The lowest BCUT2D eigenvalue weighted by Gasteiger charge is -2.24. The number of carbonyl (C=O) groups excluding carboxylic acids is 1. The van der Waals surface area contributed by atoms with Gasteiger partial charge in [-0.25, -0.2) is 0 Å². The first kappa shape index (κ1) is 14.0. The Labute approximate surface area is 114 Å². The summed E-state index contributed by atoms with van der Waals surface area (Å²) in [5, 5.41) is 9.40. The van der Waals surface area contributed by atoms with E-state index in [1.807, 2.05) is 12.1 Å². The number of hydrogen-bond donors (Lipinski definition) is 1. The van der Waals surface area contributed by atoms with Crippen LogP contribution in [0.15, 0.2) is 24.3 Å². The molecule has 0 aromatic heterocycles. The van der Waals surface area contributed by atoms with Crippen LogP contribution in [0.1, 0.15) is 23.7 Å². The maximum Gasteiger partial charge on any atom is 0.176 e. The highest BCUT2D eigenvalue weighted by Gasteiger charge is 2.31. The van der Waals surface area contributed by atoms with Gasteiger partial charge in [-0.05, 0) is 31.0 Å². The molecule has 0 bridgehead atoms. The van der Waals surface area contributed by atoms with Crippen LogP contribution < -0.4 is 4.74 Å². The molecule has 1 aromatic carbocycles. The maximum atomic E-state index is 12.3. The van der Waals surface area contributed by atoms with Gasteiger partial charge in [0, 0.05) is 11.6 Å². The van der Waals surface area contributed by atoms with E-state index in [-0.39, 0.29) is 18.4 Å². The van der Waals surface area contributed by atoms with Crippen LogP contribution in [-0.4, -0.2) is 48.6 Å². The van der Waals surface area contributed by atoms with E-state index in [4.69, 9.17) is 4.74 Å². The van der Waals surface area contributed by atoms with E-state index in [9.17, 15) is 9.90 Å². The summed E-state index contributed by atoms with van der Waals surface area (Å²) in [5.41, 5.74) is 0.663. The van der Waals surface area contributed by atoms with Crippen molar-refractivity contribution in [3.63, 3.8) is 0 Å². The zero-order valence-electron chi connectivity index (χ0n) is 11.5. The minimum absolute atomic E-state index is 0.0754. The first-order valence-electron chi connectivity index (χ1n) is 6.68. The Morgan fingerprint density at radius 2 is 2.32 bits per heavy atom. The van der Waals surface area contributed by atoms with Crippen LogP contribution in [0.3, 0.4) is 0 Å². The predicted molar refractivity (Wildman–Crippen MR) is 73.6 cm³/mol. The van der Waals surface area contributed by atoms with E-state index < -0.39 is 0 Å². The molecule has 1 fully saturated rings. The number of ketones is 1. The zero-order chi connectivity index (χ0) is 13.8. The van der Waals surface area contributed by atoms with Crippen LogP contribution >= 0.6 is 0 Å². The molecule has 4 nitrogen and oxygen atoms in total. The number of Topliss-reactive ketones (excluding diaryl/α,β-unsaturated/α-hetero) is 1. The quantitative estimate of drug-likeness (QED) is 0.819. The Balaban J connectivity index is 2.04. The molecule has 1 N–H and O–H groups in total. The second-order valence-corrected chi connectivity index (χ2v) is 5.14. The highest BCUT2D eigenvalue weighted by Crippen LogP contribution is 2.24. The Morgan fingerprint density at radius 1 is 1.53 bits per heavy atom. The second kappa shape index (κ2) is 6.17. The van der Waals surface area contributed by atoms with Crippen LogP contribution in [-0.2, 0) is 0 Å². The Bertz CT molecular complexity index is 447. The van der Waals surface area contributed by atoms with E-state index in [0.29, 0.717) is 23.8 Å². The molecule has 4 heteroatoms. The van der Waals surface area contributed by atoms with Gasteiger partial charge in [-0.1, -0.05) is 19.1 Å². The molecule has 1 saturated heterocycles. The molecule has 2 rings (SSSR count). The smallest absolute Gasteiger partial charge is 0.176 e. The summed E-state index contributed by atoms with van der Waals surface area (Å²) < 4.78 is 5.13. The molecule has 0 saturated carbocycles. The van der Waals surface area contributed by atoms with Crippen molar-refractivity contribution in [2.45, 2.75) is 19.4 Å². The van der Waals surface area contributed by atoms with Gasteiger partial charge in [0.1, 0.15) is 5.75 Å². The molecule has 1 aliphatic rings. The third-order valence-corrected chi connectivity index (χ3v) is 3.92. The van der Waals surface area contributed by atoms with Gasteiger partial charge >= 0.3 is 0 Å². The molecular weight excluding hydrogens is 242 g/mol. The average molecular weight is 263 g/mol. The molecule has 1 aliphatic heterocycles. The van der Waals surface area contributed by atoms with Gasteiger partial charge in [-0.15, -0.1) is 0 Å².